The van der Waals surface area contributed by atoms with Crippen LogP contribution in [0.5, 0.6) is 0 Å². The second-order valence-electron chi connectivity index (χ2n) is 3.97. The fraction of sp³-hybridized carbons (Fsp3) is 0.455. The first-order valence-corrected chi connectivity index (χ1v) is 7.06. The van der Waals surface area contributed by atoms with Crippen LogP contribution in [0, 0.1) is 5.82 Å². The second-order valence-corrected chi connectivity index (χ2v) is 5.65. The van der Waals surface area contributed by atoms with E-state index in [2.05, 4.69) is 4.72 Å². The number of nitrogens with one attached hydrogen (secondary N) is 1. The molecule has 0 saturated heterocycles. The number of methoxy groups -OCH3 is 1. The van der Waals surface area contributed by atoms with Crippen LogP contribution in [0.3, 0.4) is 0 Å². The molecular formula is C11H17FN2O4S. The standard InChI is InChI=1S/C11H17FN2O4S/c1-18-7-9(4-5-15)14-19(16,17)11-6-8(12)2-3-10(11)13/h2-3,6,9,14-15H,4-5,7,13H2,1H3. The van der Waals surface area contributed by atoms with E-state index in [1.54, 1.807) is 0 Å². The third kappa shape index (κ3) is 4.43. The lowest BCUT2D eigenvalue weighted by Crippen LogP contribution is -2.38. The highest BCUT2D eigenvalue weighted by Crippen LogP contribution is 2.19. The molecule has 0 bridgehead atoms. The third-order valence-corrected chi connectivity index (χ3v) is 4.01. The van der Waals surface area contributed by atoms with Crippen molar-refractivity contribution in [1.82, 2.24) is 4.72 Å². The van der Waals surface area contributed by atoms with Gasteiger partial charge in [0.25, 0.3) is 0 Å². The van der Waals surface area contributed by atoms with Crippen molar-refractivity contribution in [3.63, 3.8) is 0 Å². The first-order chi connectivity index (χ1) is 8.90. The molecule has 0 aliphatic rings. The molecule has 0 radical (unpaired) electrons. The van der Waals surface area contributed by atoms with E-state index >= 15 is 0 Å². The summed E-state index contributed by atoms with van der Waals surface area (Å²) >= 11 is 0. The van der Waals surface area contributed by atoms with Gasteiger partial charge in [0.2, 0.25) is 10.0 Å². The van der Waals surface area contributed by atoms with E-state index in [0.717, 1.165) is 12.1 Å². The van der Waals surface area contributed by atoms with Crippen LogP contribution in [0.25, 0.3) is 0 Å². The predicted molar refractivity (Wildman–Crippen MR) is 68.5 cm³/mol. The molecule has 0 saturated carbocycles. The van der Waals surface area contributed by atoms with Crippen LogP contribution in [0.2, 0.25) is 0 Å². The summed E-state index contributed by atoms with van der Waals surface area (Å²) in [6.07, 6.45) is 0.183. The maximum atomic E-state index is 13.1. The average Bonchev–Trinajstić information content (AvgIpc) is 2.32. The Balaban J connectivity index is 2.99. The number of nitrogen functional groups attached to an aromatic ring is 1. The smallest absolute Gasteiger partial charge is 0.243 e. The van der Waals surface area contributed by atoms with Crippen molar-refractivity contribution in [3.8, 4) is 0 Å². The number of sulfonamides is 1. The number of aliphatic hydroxyl groups is 1. The highest BCUT2D eigenvalue weighted by Gasteiger charge is 2.22. The van der Waals surface area contributed by atoms with Gasteiger partial charge in [0.15, 0.2) is 0 Å². The Morgan fingerprint density at radius 2 is 2.21 bits per heavy atom. The number of anilines is 1. The largest absolute Gasteiger partial charge is 0.398 e. The Kier molecular flexibility index (Phi) is 5.67. The zero-order valence-electron chi connectivity index (χ0n) is 10.5. The summed E-state index contributed by atoms with van der Waals surface area (Å²) in [4.78, 5) is -0.327. The summed E-state index contributed by atoms with van der Waals surface area (Å²) < 4.78 is 44.4. The number of nitrogens with two attached hydrogens (primary N) is 1. The number of aliphatic hydroxyl groups excluding tert-OH is 1. The van der Waals surface area contributed by atoms with Crippen molar-refractivity contribution >= 4 is 15.7 Å². The zero-order valence-corrected chi connectivity index (χ0v) is 11.3. The second kappa shape index (κ2) is 6.80. The van der Waals surface area contributed by atoms with Gasteiger partial charge in [-0.3, -0.25) is 0 Å². The number of halogens is 1. The van der Waals surface area contributed by atoms with Gasteiger partial charge in [0, 0.05) is 19.8 Å². The molecule has 108 valence electrons. The minimum Gasteiger partial charge on any atom is -0.398 e. The molecule has 0 aliphatic carbocycles. The number of ether oxygens (including phenoxy) is 1. The van der Waals surface area contributed by atoms with Crippen molar-refractivity contribution in [2.24, 2.45) is 0 Å². The maximum absolute atomic E-state index is 13.1. The molecule has 0 aliphatic heterocycles. The van der Waals surface area contributed by atoms with E-state index in [-0.39, 0.29) is 30.2 Å². The fourth-order valence-electron chi connectivity index (χ4n) is 1.56. The maximum Gasteiger partial charge on any atom is 0.243 e. The topological polar surface area (TPSA) is 102 Å². The van der Waals surface area contributed by atoms with E-state index in [1.165, 1.54) is 13.2 Å². The van der Waals surface area contributed by atoms with Gasteiger partial charge in [0.1, 0.15) is 10.7 Å². The summed E-state index contributed by atoms with van der Waals surface area (Å²) in [6, 6.07) is 2.50. The van der Waals surface area contributed by atoms with Crippen LogP contribution in [0.15, 0.2) is 23.1 Å². The van der Waals surface area contributed by atoms with E-state index < -0.39 is 21.9 Å². The molecule has 1 atom stereocenters. The zero-order chi connectivity index (χ0) is 14.5. The van der Waals surface area contributed by atoms with E-state index in [1.807, 2.05) is 0 Å². The van der Waals surface area contributed by atoms with Gasteiger partial charge in [-0.2, -0.15) is 0 Å². The number of hydrogen-bond acceptors (Lipinski definition) is 5. The molecule has 0 heterocycles. The summed E-state index contributed by atoms with van der Waals surface area (Å²) in [6.45, 7) is -0.107. The Morgan fingerprint density at radius 3 is 2.79 bits per heavy atom. The van der Waals surface area contributed by atoms with Crippen LogP contribution >= 0.6 is 0 Å². The Hall–Kier alpha value is -1.22. The Labute approximate surface area is 111 Å². The van der Waals surface area contributed by atoms with Crippen LogP contribution in [-0.2, 0) is 14.8 Å². The average molecular weight is 292 g/mol. The molecule has 19 heavy (non-hydrogen) atoms. The summed E-state index contributed by atoms with van der Waals surface area (Å²) in [5, 5.41) is 8.85. The summed E-state index contributed by atoms with van der Waals surface area (Å²) in [5.41, 5.74) is 5.49. The lowest BCUT2D eigenvalue weighted by Gasteiger charge is -2.17. The van der Waals surface area contributed by atoms with Crippen molar-refractivity contribution < 1.29 is 22.7 Å². The molecule has 0 fully saturated rings. The highest BCUT2D eigenvalue weighted by molar-refractivity contribution is 7.89. The lowest BCUT2D eigenvalue weighted by molar-refractivity contribution is 0.158. The summed E-state index contributed by atoms with van der Waals surface area (Å²) in [5.74, 6) is -0.694. The van der Waals surface area contributed by atoms with E-state index in [4.69, 9.17) is 15.6 Å². The quantitative estimate of drug-likeness (QED) is 0.618. The molecule has 0 amide bonds. The first-order valence-electron chi connectivity index (χ1n) is 5.58. The van der Waals surface area contributed by atoms with Crippen molar-refractivity contribution in [1.29, 1.82) is 0 Å². The van der Waals surface area contributed by atoms with Crippen molar-refractivity contribution in [2.75, 3.05) is 26.1 Å². The summed E-state index contributed by atoms with van der Waals surface area (Å²) in [7, 11) is -2.55. The molecular weight excluding hydrogens is 275 g/mol. The van der Waals surface area contributed by atoms with E-state index in [9.17, 15) is 12.8 Å². The molecule has 0 aromatic heterocycles. The number of benzene rings is 1. The van der Waals surface area contributed by atoms with Crippen molar-refractivity contribution in [2.45, 2.75) is 17.4 Å². The molecule has 6 nitrogen and oxygen atoms in total. The lowest BCUT2D eigenvalue weighted by atomic mass is 10.2. The van der Waals surface area contributed by atoms with E-state index in [0.29, 0.717) is 0 Å². The van der Waals surface area contributed by atoms with Gasteiger partial charge in [-0.05, 0) is 24.6 Å². The monoisotopic (exact) mass is 292 g/mol. The van der Waals surface area contributed by atoms with Gasteiger partial charge in [-0.1, -0.05) is 0 Å². The molecule has 1 rings (SSSR count). The minimum atomic E-state index is -3.96. The molecule has 1 aromatic rings. The van der Waals surface area contributed by atoms with Gasteiger partial charge in [0.05, 0.1) is 12.3 Å². The van der Waals surface area contributed by atoms with Gasteiger partial charge >= 0.3 is 0 Å². The fourth-order valence-corrected chi connectivity index (χ4v) is 2.95. The molecule has 1 aromatic carbocycles. The number of hydrogen-bond donors (Lipinski definition) is 3. The normalized spacial score (nSPS) is 13.4. The molecule has 8 heteroatoms. The van der Waals surface area contributed by atoms with Gasteiger partial charge < -0.3 is 15.6 Å². The molecule has 4 N–H and O–H groups in total. The van der Waals surface area contributed by atoms with Crippen molar-refractivity contribution in [3.05, 3.63) is 24.0 Å². The Morgan fingerprint density at radius 1 is 1.53 bits per heavy atom. The van der Waals surface area contributed by atoms with Gasteiger partial charge in [-0.15, -0.1) is 0 Å². The molecule has 1 unspecified atom stereocenters. The minimum absolute atomic E-state index is 0.0472. The van der Waals surface area contributed by atoms with Crippen LogP contribution in [-0.4, -0.2) is 39.9 Å². The predicted octanol–water partition coefficient (Wildman–Crippen LogP) is 0.0836. The highest BCUT2D eigenvalue weighted by atomic mass is 32.2. The number of rotatable bonds is 7. The third-order valence-electron chi connectivity index (χ3n) is 2.43. The molecule has 0 spiro atoms. The SMILES string of the molecule is COCC(CCO)NS(=O)(=O)c1cc(F)ccc1N. The Bertz CT molecular complexity index is 515. The first kappa shape index (κ1) is 15.8. The van der Waals surface area contributed by atoms with Crippen LogP contribution in [0.4, 0.5) is 10.1 Å². The van der Waals surface area contributed by atoms with Gasteiger partial charge in [-0.25, -0.2) is 17.5 Å². The van der Waals surface area contributed by atoms with Crippen LogP contribution < -0.4 is 10.5 Å². The van der Waals surface area contributed by atoms with Crippen LogP contribution in [0.1, 0.15) is 6.42 Å².